The Bertz CT molecular complexity index is 499. The summed E-state index contributed by atoms with van der Waals surface area (Å²) in [6.45, 7) is 1.98. The third kappa shape index (κ3) is 3.10. The van der Waals surface area contributed by atoms with Gasteiger partial charge in [-0.05, 0) is 18.6 Å². The first kappa shape index (κ1) is 12.2. The molecule has 0 aliphatic heterocycles. The van der Waals surface area contributed by atoms with E-state index < -0.39 is 0 Å². The van der Waals surface area contributed by atoms with E-state index in [-0.39, 0.29) is 0 Å². The minimum absolute atomic E-state index is 0.420. The van der Waals surface area contributed by atoms with E-state index in [1.165, 1.54) is 0 Å². The SMILES string of the molecule is Cc1csc(SCc2ccc(Cl)nc2Cl)n1. The molecule has 0 N–H and O–H groups in total. The molecule has 84 valence electrons. The number of halogens is 2. The van der Waals surface area contributed by atoms with Crippen LogP contribution in [0.25, 0.3) is 0 Å². The van der Waals surface area contributed by atoms with Gasteiger partial charge < -0.3 is 0 Å². The molecule has 0 radical (unpaired) electrons. The Hall–Kier alpha value is -0.290. The highest BCUT2D eigenvalue weighted by atomic mass is 35.5. The van der Waals surface area contributed by atoms with Crippen LogP contribution in [0.4, 0.5) is 0 Å². The summed E-state index contributed by atoms with van der Waals surface area (Å²) in [5, 5.41) is 2.92. The van der Waals surface area contributed by atoms with Gasteiger partial charge in [0.15, 0.2) is 0 Å². The maximum atomic E-state index is 5.98. The van der Waals surface area contributed by atoms with Crippen molar-refractivity contribution in [3.8, 4) is 0 Å². The molecule has 0 saturated carbocycles. The summed E-state index contributed by atoms with van der Waals surface area (Å²) < 4.78 is 1.04. The number of thiazole rings is 1. The van der Waals surface area contributed by atoms with Crippen LogP contribution in [-0.2, 0) is 5.75 Å². The highest BCUT2D eigenvalue weighted by molar-refractivity contribution is 8.00. The lowest BCUT2D eigenvalue weighted by molar-refractivity contribution is 1.15. The van der Waals surface area contributed by atoms with Gasteiger partial charge in [-0.15, -0.1) is 11.3 Å². The molecule has 2 aromatic heterocycles. The van der Waals surface area contributed by atoms with Gasteiger partial charge in [-0.3, -0.25) is 0 Å². The maximum absolute atomic E-state index is 5.98. The predicted octanol–water partition coefficient (Wildman–Crippen LogP) is 4.45. The number of rotatable bonds is 3. The van der Waals surface area contributed by atoms with Gasteiger partial charge in [0.25, 0.3) is 0 Å². The van der Waals surface area contributed by atoms with E-state index in [9.17, 15) is 0 Å². The first-order valence-electron chi connectivity index (χ1n) is 4.51. The molecule has 2 rings (SSSR count). The molecule has 0 aliphatic carbocycles. The molecule has 0 atom stereocenters. The molecular formula is C10H8Cl2N2S2. The van der Waals surface area contributed by atoms with Gasteiger partial charge in [0.05, 0.1) is 0 Å². The van der Waals surface area contributed by atoms with E-state index in [1.54, 1.807) is 29.2 Å². The Morgan fingerprint density at radius 1 is 1.31 bits per heavy atom. The van der Waals surface area contributed by atoms with Crippen molar-refractivity contribution in [2.45, 2.75) is 17.0 Å². The second-order valence-corrected chi connectivity index (χ2v) is 5.95. The van der Waals surface area contributed by atoms with Crippen molar-refractivity contribution in [1.29, 1.82) is 0 Å². The van der Waals surface area contributed by atoms with Crippen LogP contribution in [0, 0.1) is 6.92 Å². The molecule has 0 bridgehead atoms. The normalized spacial score (nSPS) is 10.7. The third-order valence-corrected chi connectivity index (χ3v) is 4.57. The molecule has 0 fully saturated rings. The molecule has 2 nitrogen and oxygen atoms in total. The minimum Gasteiger partial charge on any atom is -0.235 e. The second-order valence-electron chi connectivity index (χ2n) is 3.13. The summed E-state index contributed by atoms with van der Waals surface area (Å²) in [6.07, 6.45) is 0. The quantitative estimate of drug-likeness (QED) is 0.617. The van der Waals surface area contributed by atoms with E-state index in [0.29, 0.717) is 10.3 Å². The van der Waals surface area contributed by atoms with Crippen molar-refractivity contribution in [2.24, 2.45) is 0 Å². The van der Waals surface area contributed by atoms with Crippen LogP contribution in [0.2, 0.25) is 10.3 Å². The van der Waals surface area contributed by atoms with Gasteiger partial charge in [-0.25, -0.2) is 9.97 Å². The summed E-state index contributed by atoms with van der Waals surface area (Å²) in [5.41, 5.74) is 2.02. The number of aryl methyl sites for hydroxylation is 1. The number of thioether (sulfide) groups is 1. The van der Waals surface area contributed by atoms with Gasteiger partial charge in [0.1, 0.15) is 14.6 Å². The first-order valence-corrected chi connectivity index (χ1v) is 7.13. The summed E-state index contributed by atoms with van der Waals surface area (Å²) in [5.74, 6) is 0.760. The highest BCUT2D eigenvalue weighted by Gasteiger charge is 2.05. The van der Waals surface area contributed by atoms with E-state index in [0.717, 1.165) is 21.3 Å². The standard InChI is InChI=1S/C10H8Cl2N2S2/c1-6-4-15-10(13-6)16-5-7-2-3-8(11)14-9(7)12/h2-4H,5H2,1H3. The molecule has 0 unspecified atom stereocenters. The number of hydrogen-bond acceptors (Lipinski definition) is 4. The molecule has 0 saturated heterocycles. The van der Waals surface area contributed by atoms with Crippen molar-refractivity contribution in [1.82, 2.24) is 9.97 Å². The largest absolute Gasteiger partial charge is 0.235 e. The van der Waals surface area contributed by atoms with E-state index >= 15 is 0 Å². The molecular weight excluding hydrogens is 283 g/mol. The molecule has 0 aliphatic rings. The van der Waals surface area contributed by atoms with Gasteiger partial charge >= 0.3 is 0 Å². The number of aromatic nitrogens is 2. The lowest BCUT2D eigenvalue weighted by Crippen LogP contribution is -1.86. The van der Waals surface area contributed by atoms with Crippen LogP contribution in [0.15, 0.2) is 21.9 Å². The Balaban J connectivity index is 2.04. The lowest BCUT2D eigenvalue weighted by atomic mass is 10.3. The van der Waals surface area contributed by atoms with Crippen LogP contribution < -0.4 is 0 Å². The maximum Gasteiger partial charge on any atom is 0.150 e. The Labute approximate surface area is 112 Å². The predicted molar refractivity (Wildman–Crippen MR) is 70.7 cm³/mol. The summed E-state index contributed by atoms with van der Waals surface area (Å²) in [4.78, 5) is 8.36. The molecule has 16 heavy (non-hydrogen) atoms. The van der Waals surface area contributed by atoms with Gasteiger partial charge in [0, 0.05) is 16.8 Å². The average molecular weight is 291 g/mol. The lowest BCUT2D eigenvalue weighted by Gasteiger charge is -2.01. The van der Waals surface area contributed by atoms with E-state index in [4.69, 9.17) is 23.2 Å². The molecule has 2 aromatic rings. The summed E-state index contributed by atoms with van der Waals surface area (Å²) in [7, 11) is 0. The summed E-state index contributed by atoms with van der Waals surface area (Å²) in [6, 6.07) is 3.64. The van der Waals surface area contributed by atoms with Crippen molar-refractivity contribution < 1.29 is 0 Å². The Kier molecular flexibility index (Phi) is 4.08. The Morgan fingerprint density at radius 2 is 2.12 bits per heavy atom. The zero-order chi connectivity index (χ0) is 11.5. The van der Waals surface area contributed by atoms with Crippen LogP contribution in [0.1, 0.15) is 11.3 Å². The monoisotopic (exact) mass is 290 g/mol. The zero-order valence-corrected chi connectivity index (χ0v) is 11.6. The fourth-order valence-electron chi connectivity index (χ4n) is 1.09. The zero-order valence-electron chi connectivity index (χ0n) is 8.41. The molecule has 0 spiro atoms. The first-order chi connectivity index (χ1) is 7.65. The topological polar surface area (TPSA) is 25.8 Å². The van der Waals surface area contributed by atoms with Crippen molar-refractivity contribution in [3.05, 3.63) is 39.1 Å². The molecule has 2 heterocycles. The molecule has 6 heteroatoms. The van der Waals surface area contributed by atoms with Crippen LogP contribution in [0.3, 0.4) is 0 Å². The Morgan fingerprint density at radius 3 is 2.75 bits per heavy atom. The molecule has 0 aromatic carbocycles. The van der Waals surface area contributed by atoms with E-state index in [2.05, 4.69) is 9.97 Å². The van der Waals surface area contributed by atoms with Gasteiger partial charge in [0.2, 0.25) is 0 Å². The van der Waals surface area contributed by atoms with Crippen molar-refractivity contribution in [3.63, 3.8) is 0 Å². The fourth-order valence-corrected chi connectivity index (χ4v) is 3.41. The number of hydrogen-bond donors (Lipinski definition) is 0. The fraction of sp³-hybridized carbons (Fsp3) is 0.200. The number of pyridine rings is 1. The molecule has 0 amide bonds. The van der Waals surface area contributed by atoms with Crippen LogP contribution in [-0.4, -0.2) is 9.97 Å². The minimum atomic E-state index is 0.420. The smallest absolute Gasteiger partial charge is 0.150 e. The van der Waals surface area contributed by atoms with Crippen LogP contribution >= 0.6 is 46.3 Å². The van der Waals surface area contributed by atoms with Crippen LogP contribution in [0.5, 0.6) is 0 Å². The average Bonchev–Trinajstić information content (AvgIpc) is 2.63. The van der Waals surface area contributed by atoms with Gasteiger partial charge in [-0.2, -0.15) is 0 Å². The summed E-state index contributed by atoms with van der Waals surface area (Å²) >= 11 is 15.0. The number of nitrogens with zero attached hydrogens (tertiary/aromatic N) is 2. The van der Waals surface area contributed by atoms with E-state index in [1.807, 2.05) is 18.4 Å². The second kappa shape index (κ2) is 5.36. The third-order valence-electron chi connectivity index (χ3n) is 1.84. The van der Waals surface area contributed by atoms with Crippen molar-refractivity contribution in [2.75, 3.05) is 0 Å². The van der Waals surface area contributed by atoms with Gasteiger partial charge in [-0.1, -0.05) is 41.0 Å². The highest BCUT2D eigenvalue weighted by Crippen LogP contribution is 2.28. The van der Waals surface area contributed by atoms with Crippen molar-refractivity contribution >= 4 is 46.3 Å².